The third-order valence-electron chi connectivity index (χ3n) is 3.41. The number of rotatable bonds is 1. The Balaban J connectivity index is 2.02. The van der Waals surface area contributed by atoms with Crippen LogP contribution in [-0.4, -0.2) is 38.9 Å². The van der Waals surface area contributed by atoms with Crippen LogP contribution in [0.1, 0.15) is 27.6 Å². The third-order valence-corrected chi connectivity index (χ3v) is 3.41. The van der Waals surface area contributed by atoms with E-state index in [9.17, 15) is 4.79 Å². The molecule has 0 radical (unpaired) electrons. The Kier molecular flexibility index (Phi) is 3.42. The zero-order valence-electron chi connectivity index (χ0n) is 11.7. The van der Waals surface area contributed by atoms with Crippen molar-refractivity contribution in [1.82, 2.24) is 19.4 Å². The van der Waals surface area contributed by atoms with E-state index in [1.54, 1.807) is 12.4 Å². The summed E-state index contributed by atoms with van der Waals surface area (Å²) in [5.41, 5.74) is 7.38. The average molecular weight is 281 g/mol. The first-order valence-corrected chi connectivity index (χ1v) is 6.65. The second kappa shape index (κ2) is 5.38. The van der Waals surface area contributed by atoms with Crippen molar-refractivity contribution < 1.29 is 4.79 Å². The van der Waals surface area contributed by atoms with E-state index in [2.05, 4.69) is 26.7 Å². The summed E-state index contributed by atoms with van der Waals surface area (Å²) in [6, 6.07) is 3.71. The van der Waals surface area contributed by atoms with Crippen LogP contribution in [0.3, 0.4) is 0 Å². The lowest BCUT2D eigenvalue weighted by atomic mass is 10.2. The normalized spacial score (nSPS) is 14.1. The van der Waals surface area contributed by atoms with Gasteiger partial charge in [0.1, 0.15) is 0 Å². The number of imidazole rings is 1. The fourth-order valence-electron chi connectivity index (χ4n) is 2.35. The Labute approximate surface area is 122 Å². The molecule has 2 aromatic heterocycles. The van der Waals surface area contributed by atoms with Gasteiger partial charge in [0.15, 0.2) is 11.5 Å². The van der Waals surface area contributed by atoms with Gasteiger partial charge in [-0.3, -0.25) is 14.7 Å². The van der Waals surface area contributed by atoms with Gasteiger partial charge < -0.3 is 10.3 Å². The lowest BCUT2D eigenvalue weighted by molar-refractivity contribution is 0.0993. The zero-order valence-corrected chi connectivity index (χ0v) is 11.7. The molecule has 3 rings (SSSR count). The zero-order chi connectivity index (χ0) is 14.8. The lowest BCUT2D eigenvalue weighted by Gasteiger charge is -2.24. The molecule has 3 heterocycles. The van der Waals surface area contributed by atoms with E-state index < -0.39 is 5.91 Å². The maximum atomic E-state index is 11.5. The number of nitrogens with two attached hydrogens (primary N) is 1. The standard InChI is InChI=1S/C15H15N5O/c1-19-7-8-20-12(10-19)14(15(16)21)18-13(20)5-4-11-3-2-6-17-9-11/h2-3,6,9H,7-8,10H2,1H3,(H2,16,21). The molecular weight excluding hydrogens is 266 g/mol. The topological polar surface area (TPSA) is 77.0 Å². The number of aromatic nitrogens is 3. The first kappa shape index (κ1) is 13.3. The fraction of sp³-hybridized carbons (Fsp3) is 0.267. The highest BCUT2D eigenvalue weighted by molar-refractivity contribution is 5.92. The molecule has 1 amide bonds. The van der Waals surface area contributed by atoms with Gasteiger partial charge in [-0.1, -0.05) is 5.92 Å². The summed E-state index contributed by atoms with van der Waals surface area (Å²) in [7, 11) is 2.00. The van der Waals surface area contributed by atoms with E-state index in [-0.39, 0.29) is 0 Å². The lowest BCUT2D eigenvalue weighted by Crippen LogP contribution is -2.32. The molecule has 0 atom stereocenters. The molecule has 21 heavy (non-hydrogen) atoms. The molecule has 0 aromatic carbocycles. The van der Waals surface area contributed by atoms with Crippen molar-refractivity contribution >= 4 is 5.91 Å². The third kappa shape index (κ3) is 2.64. The highest BCUT2D eigenvalue weighted by Crippen LogP contribution is 2.17. The van der Waals surface area contributed by atoms with Crippen molar-refractivity contribution in [1.29, 1.82) is 0 Å². The molecule has 0 aliphatic carbocycles. The van der Waals surface area contributed by atoms with E-state index in [0.717, 1.165) is 24.3 Å². The minimum atomic E-state index is -0.511. The summed E-state index contributed by atoms with van der Waals surface area (Å²) in [4.78, 5) is 22.0. The fourth-order valence-corrected chi connectivity index (χ4v) is 2.35. The summed E-state index contributed by atoms with van der Waals surface area (Å²) in [5, 5.41) is 0. The molecule has 0 saturated heterocycles. The van der Waals surface area contributed by atoms with Gasteiger partial charge in [-0.15, -0.1) is 0 Å². The van der Waals surface area contributed by atoms with Crippen molar-refractivity contribution in [2.45, 2.75) is 13.1 Å². The molecule has 0 unspecified atom stereocenters. The van der Waals surface area contributed by atoms with Crippen LogP contribution in [0.25, 0.3) is 0 Å². The van der Waals surface area contributed by atoms with Gasteiger partial charge in [0, 0.05) is 37.6 Å². The number of fused-ring (bicyclic) bond motifs is 1. The summed E-state index contributed by atoms with van der Waals surface area (Å²) in [6.45, 7) is 2.30. The van der Waals surface area contributed by atoms with Gasteiger partial charge in [0.05, 0.1) is 5.69 Å². The van der Waals surface area contributed by atoms with Crippen LogP contribution in [-0.2, 0) is 13.1 Å². The highest BCUT2D eigenvalue weighted by Gasteiger charge is 2.24. The molecule has 2 aromatic rings. The minimum Gasteiger partial charge on any atom is -0.364 e. The Hall–Kier alpha value is -2.65. The van der Waals surface area contributed by atoms with Crippen LogP contribution in [0.15, 0.2) is 24.5 Å². The monoisotopic (exact) mass is 281 g/mol. The molecule has 0 fully saturated rings. The summed E-state index contributed by atoms with van der Waals surface area (Å²) in [5.74, 6) is 6.10. The Morgan fingerprint density at radius 3 is 2.95 bits per heavy atom. The summed E-state index contributed by atoms with van der Waals surface area (Å²) in [6.07, 6.45) is 3.39. The van der Waals surface area contributed by atoms with Gasteiger partial charge in [-0.25, -0.2) is 4.98 Å². The van der Waals surface area contributed by atoms with E-state index in [4.69, 9.17) is 5.73 Å². The van der Waals surface area contributed by atoms with Gasteiger partial charge in [-0.2, -0.15) is 0 Å². The predicted octanol–water partition coefficient (Wildman–Crippen LogP) is 0.222. The van der Waals surface area contributed by atoms with Gasteiger partial charge in [0.25, 0.3) is 5.91 Å². The molecule has 1 aliphatic rings. The van der Waals surface area contributed by atoms with Crippen molar-refractivity contribution in [3.8, 4) is 11.8 Å². The Morgan fingerprint density at radius 1 is 1.38 bits per heavy atom. The van der Waals surface area contributed by atoms with Gasteiger partial charge in [-0.05, 0) is 25.1 Å². The molecule has 0 bridgehead atoms. The number of nitrogens with zero attached hydrogens (tertiary/aromatic N) is 4. The Morgan fingerprint density at radius 2 is 2.24 bits per heavy atom. The molecule has 6 nitrogen and oxygen atoms in total. The minimum absolute atomic E-state index is 0.317. The maximum absolute atomic E-state index is 11.5. The number of hydrogen-bond acceptors (Lipinski definition) is 4. The van der Waals surface area contributed by atoms with Crippen LogP contribution >= 0.6 is 0 Å². The Bertz CT molecular complexity index is 739. The van der Waals surface area contributed by atoms with Crippen LogP contribution < -0.4 is 5.73 Å². The van der Waals surface area contributed by atoms with Crippen LogP contribution in [0.5, 0.6) is 0 Å². The average Bonchev–Trinajstić information content (AvgIpc) is 2.84. The number of carbonyl (C=O) groups excluding carboxylic acids is 1. The van der Waals surface area contributed by atoms with Crippen LogP contribution in [0.2, 0.25) is 0 Å². The SMILES string of the molecule is CN1CCn2c(C#Cc3cccnc3)nc(C(N)=O)c2C1. The first-order valence-electron chi connectivity index (χ1n) is 6.65. The second-order valence-electron chi connectivity index (χ2n) is 4.98. The molecule has 0 spiro atoms. The van der Waals surface area contributed by atoms with Gasteiger partial charge in [0.2, 0.25) is 0 Å². The molecule has 106 valence electrons. The quantitative estimate of drug-likeness (QED) is 0.759. The van der Waals surface area contributed by atoms with Crippen molar-refractivity contribution in [3.05, 3.63) is 47.3 Å². The van der Waals surface area contributed by atoms with E-state index in [0.29, 0.717) is 18.1 Å². The predicted molar refractivity (Wildman–Crippen MR) is 77.3 cm³/mol. The molecule has 6 heteroatoms. The number of pyridine rings is 1. The van der Waals surface area contributed by atoms with Crippen LogP contribution in [0.4, 0.5) is 0 Å². The van der Waals surface area contributed by atoms with Crippen molar-refractivity contribution in [3.63, 3.8) is 0 Å². The van der Waals surface area contributed by atoms with E-state index in [1.165, 1.54) is 0 Å². The van der Waals surface area contributed by atoms with Crippen molar-refractivity contribution in [2.24, 2.45) is 5.73 Å². The van der Waals surface area contributed by atoms with E-state index in [1.807, 2.05) is 23.7 Å². The number of primary amides is 1. The molecular formula is C15H15N5O. The number of likely N-dealkylation sites (N-methyl/N-ethyl adjacent to an activating group) is 1. The van der Waals surface area contributed by atoms with Gasteiger partial charge >= 0.3 is 0 Å². The summed E-state index contributed by atoms with van der Waals surface area (Å²) < 4.78 is 1.98. The van der Waals surface area contributed by atoms with Crippen LogP contribution in [0, 0.1) is 11.8 Å². The van der Waals surface area contributed by atoms with E-state index >= 15 is 0 Å². The number of amides is 1. The number of hydrogen-bond donors (Lipinski definition) is 1. The van der Waals surface area contributed by atoms with Crippen molar-refractivity contribution in [2.75, 3.05) is 13.6 Å². The number of carbonyl (C=O) groups is 1. The first-order chi connectivity index (χ1) is 10.1. The largest absolute Gasteiger partial charge is 0.364 e. The molecule has 0 saturated carbocycles. The summed E-state index contributed by atoms with van der Waals surface area (Å²) >= 11 is 0. The molecule has 2 N–H and O–H groups in total. The second-order valence-corrected chi connectivity index (χ2v) is 4.98. The molecule has 1 aliphatic heterocycles. The maximum Gasteiger partial charge on any atom is 0.269 e. The highest BCUT2D eigenvalue weighted by atomic mass is 16.1. The smallest absolute Gasteiger partial charge is 0.269 e.